The van der Waals surface area contributed by atoms with Gasteiger partial charge in [0, 0.05) is 32.2 Å². The molecule has 1 aliphatic carbocycles. The Bertz CT molecular complexity index is 653. The highest BCUT2D eigenvalue weighted by atomic mass is 16.4. The normalized spacial score (nSPS) is 27.2. The Kier molecular flexibility index (Phi) is 4.50. The minimum absolute atomic E-state index is 0.136. The summed E-state index contributed by atoms with van der Waals surface area (Å²) in [6.07, 6.45) is 6.01. The molecule has 1 N–H and O–H groups in total. The van der Waals surface area contributed by atoms with E-state index in [1.54, 1.807) is 12.1 Å². The van der Waals surface area contributed by atoms with E-state index in [0.717, 1.165) is 50.5 Å². The van der Waals surface area contributed by atoms with Crippen LogP contribution in [0, 0.1) is 11.8 Å². The van der Waals surface area contributed by atoms with Crippen LogP contribution in [0.4, 0.5) is 0 Å². The molecular formula is C20H26N2O3. The van der Waals surface area contributed by atoms with Gasteiger partial charge in [0.15, 0.2) is 0 Å². The van der Waals surface area contributed by atoms with Crippen LogP contribution in [0.15, 0.2) is 24.3 Å². The fourth-order valence-corrected chi connectivity index (χ4v) is 4.46. The second-order valence-electron chi connectivity index (χ2n) is 7.91. The van der Waals surface area contributed by atoms with E-state index in [-0.39, 0.29) is 5.92 Å². The quantitative estimate of drug-likeness (QED) is 0.893. The summed E-state index contributed by atoms with van der Waals surface area (Å²) in [7, 11) is 0. The van der Waals surface area contributed by atoms with Gasteiger partial charge >= 0.3 is 5.97 Å². The standard InChI is InChI=1S/C20H26N2O3/c23-19-17-8-9-18(22(19)11-14-2-1-3-14)13-21(12-17)10-15-4-6-16(7-5-15)20(24)25/h4-7,14,17-18H,1-3,8-13H2,(H,24,25)/t17-,18+/m0/s1. The molecule has 3 aliphatic heterocycles. The van der Waals surface area contributed by atoms with Crippen molar-refractivity contribution in [3.63, 3.8) is 0 Å². The molecule has 5 nitrogen and oxygen atoms in total. The molecule has 3 saturated heterocycles. The van der Waals surface area contributed by atoms with E-state index in [1.165, 1.54) is 19.3 Å². The third-order valence-electron chi connectivity index (χ3n) is 6.16. The molecule has 5 heteroatoms. The Morgan fingerprint density at radius 1 is 1.08 bits per heavy atom. The average Bonchev–Trinajstić information content (AvgIpc) is 2.82. The molecule has 5 rings (SSSR count). The number of hydrogen-bond donors (Lipinski definition) is 1. The molecule has 0 unspecified atom stereocenters. The number of benzene rings is 1. The first-order valence-corrected chi connectivity index (χ1v) is 9.45. The second-order valence-corrected chi connectivity index (χ2v) is 7.91. The van der Waals surface area contributed by atoms with E-state index >= 15 is 0 Å². The summed E-state index contributed by atoms with van der Waals surface area (Å²) >= 11 is 0. The molecule has 0 spiro atoms. The molecule has 1 amide bonds. The maximum absolute atomic E-state index is 12.8. The van der Waals surface area contributed by atoms with Gasteiger partial charge in [-0.05, 0) is 49.3 Å². The maximum atomic E-state index is 12.8. The summed E-state index contributed by atoms with van der Waals surface area (Å²) in [6.45, 7) is 3.52. The van der Waals surface area contributed by atoms with Gasteiger partial charge in [-0.2, -0.15) is 0 Å². The van der Waals surface area contributed by atoms with Gasteiger partial charge in [0.25, 0.3) is 0 Å². The molecule has 25 heavy (non-hydrogen) atoms. The number of amides is 1. The Balaban J connectivity index is 1.43. The summed E-state index contributed by atoms with van der Waals surface area (Å²) in [5.74, 6) is 0.334. The van der Waals surface area contributed by atoms with E-state index in [2.05, 4.69) is 9.80 Å². The Labute approximate surface area is 148 Å². The number of piperidine rings is 1. The maximum Gasteiger partial charge on any atom is 0.335 e. The SMILES string of the molecule is O=C(O)c1ccc(CN2C[C@@H]3CC[C@H](C2)N(CC2CCC2)C3=O)cc1. The van der Waals surface area contributed by atoms with E-state index in [0.29, 0.717) is 17.5 Å². The molecule has 1 saturated carbocycles. The van der Waals surface area contributed by atoms with Crippen molar-refractivity contribution in [1.29, 1.82) is 0 Å². The Morgan fingerprint density at radius 3 is 2.48 bits per heavy atom. The number of carbonyl (C=O) groups excluding carboxylic acids is 1. The highest BCUT2D eigenvalue weighted by Gasteiger charge is 2.41. The molecule has 1 aromatic rings. The van der Waals surface area contributed by atoms with E-state index < -0.39 is 5.97 Å². The average molecular weight is 342 g/mol. The number of rotatable bonds is 5. The van der Waals surface area contributed by atoms with Crippen molar-refractivity contribution in [1.82, 2.24) is 9.80 Å². The van der Waals surface area contributed by atoms with Crippen molar-refractivity contribution in [2.45, 2.75) is 44.7 Å². The van der Waals surface area contributed by atoms with Gasteiger partial charge in [-0.15, -0.1) is 0 Å². The minimum Gasteiger partial charge on any atom is -0.478 e. The lowest BCUT2D eigenvalue weighted by atomic mass is 9.83. The highest BCUT2D eigenvalue weighted by molar-refractivity contribution is 5.87. The molecule has 134 valence electrons. The summed E-state index contributed by atoms with van der Waals surface area (Å²) in [4.78, 5) is 28.4. The third-order valence-corrected chi connectivity index (χ3v) is 6.16. The topological polar surface area (TPSA) is 60.9 Å². The lowest BCUT2D eigenvalue weighted by molar-refractivity contribution is -0.141. The van der Waals surface area contributed by atoms with Crippen LogP contribution in [0.3, 0.4) is 0 Å². The van der Waals surface area contributed by atoms with E-state index in [9.17, 15) is 9.59 Å². The first-order valence-electron chi connectivity index (χ1n) is 9.45. The van der Waals surface area contributed by atoms with Gasteiger partial charge < -0.3 is 10.0 Å². The van der Waals surface area contributed by atoms with Gasteiger partial charge in [-0.3, -0.25) is 9.69 Å². The summed E-state index contributed by atoms with van der Waals surface area (Å²) in [6, 6.07) is 7.47. The van der Waals surface area contributed by atoms with Crippen LogP contribution in [0.2, 0.25) is 0 Å². The number of carboxylic acid groups (broad SMARTS) is 1. The van der Waals surface area contributed by atoms with Gasteiger partial charge in [0.05, 0.1) is 11.5 Å². The van der Waals surface area contributed by atoms with Crippen molar-refractivity contribution < 1.29 is 14.7 Å². The number of fused-ring (bicyclic) bond motifs is 4. The Hall–Kier alpha value is -1.88. The molecule has 4 fully saturated rings. The molecule has 4 aliphatic rings. The van der Waals surface area contributed by atoms with Crippen molar-refractivity contribution in [3.05, 3.63) is 35.4 Å². The van der Waals surface area contributed by atoms with Crippen LogP contribution in [0.1, 0.15) is 48.0 Å². The Morgan fingerprint density at radius 2 is 1.84 bits per heavy atom. The fourth-order valence-electron chi connectivity index (χ4n) is 4.46. The zero-order chi connectivity index (χ0) is 17.4. The van der Waals surface area contributed by atoms with Crippen LogP contribution >= 0.6 is 0 Å². The lowest BCUT2D eigenvalue weighted by Crippen LogP contribution is -2.50. The number of carbonyl (C=O) groups is 2. The monoisotopic (exact) mass is 342 g/mol. The molecule has 0 radical (unpaired) electrons. The first-order chi connectivity index (χ1) is 12.1. The van der Waals surface area contributed by atoms with Crippen LogP contribution < -0.4 is 0 Å². The van der Waals surface area contributed by atoms with Gasteiger partial charge in [-0.1, -0.05) is 18.6 Å². The number of hydrogen-bond acceptors (Lipinski definition) is 3. The summed E-state index contributed by atoms with van der Waals surface area (Å²) in [5, 5.41) is 9.01. The van der Waals surface area contributed by atoms with E-state index in [4.69, 9.17) is 5.11 Å². The van der Waals surface area contributed by atoms with Gasteiger partial charge in [0.2, 0.25) is 5.91 Å². The van der Waals surface area contributed by atoms with Gasteiger partial charge in [-0.25, -0.2) is 4.79 Å². The first kappa shape index (κ1) is 16.6. The summed E-state index contributed by atoms with van der Waals surface area (Å²) in [5.41, 5.74) is 1.44. The van der Waals surface area contributed by atoms with Crippen LogP contribution in [-0.4, -0.2) is 52.5 Å². The molecule has 1 aromatic carbocycles. The van der Waals surface area contributed by atoms with Crippen LogP contribution in [0.5, 0.6) is 0 Å². The molecule has 2 atom stereocenters. The van der Waals surface area contributed by atoms with Crippen molar-refractivity contribution >= 4 is 11.9 Å². The van der Waals surface area contributed by atoms with Gasteiger partial charge in [0.1, 0.15) is 0 Å². The van der Waals surface area contributed by atoms with Crippen molar-refractivity contribution in [2.24, 2.45) is 11.8 Å². The lowest BCUT2D eigenvalue weighted by Gasteiger charge is -2.40. The van der Waals surface area contributed by atoms with Crippen molar-refractivity contribution in [3.8, 4) is 0 Å². The van der Waals surface area contributed by atoms with E-state index in [1.807, 2.05) is 12.1 Å². The van der Waals surface area contributed by atoms with Crippen LogP contribution in [-0.2, 0) is 11.3 Å². The molecule has 0 aromatic heterocycles. The molecule has 2 bridgehead atoms. The minimum atomic E-state index is -0.892. The number of aromatic carboxylic acids is 1. The van der Waals surface area contributed by atoms with Crippen molar-refractivity contribution in [2.75, 3.05) is 19.6 Å². The smallest absolute Gasteiger partial charge is 0.335 e. The summed E-state index contributed by atoms with van der Waals surface area (Å²) < 4.78 is 0. The number of nitrogens with zero attached hydrogens (tertiary/aromatic N) is 2. The highest BCUT2D eigenvalue weighted by Crippen LogP contribution is 2.34. The fraction of sp³-hybridized carbons (Fsp3) is 0.600. The predicted molar refractivity (Wildman–Crippen MR) is 94.2 cm³/mol. The zero-order valence-corrected chi connectivity index (χ0v) is 14.6. The molecular weight excluding hydrogens is 316 g/mol. The van der Waals surface area contributed by atoms with Crippen LogP contribution in [0.25, 0.3) is 0 Å². The molecule has 3 heterocycles. The zero-order valence-electron chi connectivity index (χ0n) is 14.6. The second kappa shape index (κ2) is 6.79. The number of carboxylic acids is 1. The largest absolute Gasteiger partial charge is 0.478 e. The third kappa shape index (κ3) is 3.43. The predicted octanol–water partition coefficient (Wildman–Crippen LogP) is 2.61.